The Balaban J connectivity index is 1.72. The lowest BCUT2D eigenvalue weighted by Crippen LogP contribution is -2.31. The summed E-state index contributed by atoms with van der Waals surface area (Å²) >= 11 is 3.44. The largest absolute Gasteiger partial charge is 0.398 e. The molecule has 1 saturated heterocycles. The van der Waals surface area contributed by atoms with E-state index in [-0.39, 0.29) is 0 Å². The van der Waals surface area contributed by atoms with E-state index in [1.165, 1.54) is 31.4 Å². The SMILES string of the molecule is Nc1cc(CN2CC3CCC2C3)ccc1Br. The second kappa shape index (κ2) is 4.04. The molecule has 86 valence electrons. The second-order valence-electron chi connectivity index (χ2n) is 5.12. The number of piperidine rings is 1. The number of nitrogens with two attached hydrogens (primary N) is 1. The van der Waals surface area contributed by atoms with Crippen LogP contribution < -0.4 is 5.73 Å². The maximum atomic E-state index is 5.91. The van der Waals surface area contributed by atoms with Crippen molar-refractivity contribution < 1.29 is 0 Å². The monoisotopic (exact) mass is 280 g/mol. The molecule has 2 bridgehead atoms. The number of nitrogens with zero attached hydrogens (tertiary/aromatic N) is 1. The van der Waals surface area contributed by atoms with Gasteiger partial charge >= 0.3 is 0 Å². The number of benzene rings is 1. The Hall–Kier alpha value is -0.540. The molecule has 1 heterocycles. The minimum Gasteiger partial charge on any atom is -0.398 e. The first-order chi connectivity index (χ1) is 7.72. The van der Waals surface area contributed by atoms with Gasteiger partial charge in [-0.2, -0.15) is 0 Å². The van der Waals surface area contributed by atoms with Gasteiger partial charge in [-0.3, -0.25) is 4.90 Å². The lowest BCUT2D eigenvalue weighted by atomic mass is 10.1. The Morgan fingerprint density at radius 1 is 1.38 bits per heavy atom. The first-order valence-electron chi connectivity index (χ1n) is 6.00. The summed E-state index contributed by atoms with van der Waals surface area (Å²) in [6.07, 6.45) is 4.27. The molecular weight excluding hydrogens is 264 g/mol. The number of hydrogen-bond acceptors (Lipinski definition) is 2. The molecule has 16 heavy (non-hydrogen) atoms. The molecule has 2 fully saturated rings. The Kier molecular flexibility index (Phi) is 2.68. The molecule has 0 radical (unpaired) electrons. The van der Waals surface area contributed by atoms with Gasteiger partial charge in [-0.05, 0) is 58.8 Å². The second-order valence-corrected chi connectivity index (χ2v) is 5.97. The van der Waals surface area contributed by atoms with Gasteiger partial charge in [-0.1, -0.05) is 6.07 Å². The average molecular weight is 281 g/mol. The molecule has 1 aromatic rings. The predicted octanol–water partition coefficient (Wildman–Crippen LogP) is 3.02. The van der Waals surface area contributed by atoms with Gasteiger partial charge in [0.25, 0.3) is 0 Å². The summed E-state index contributed by atoms with van der Waals surface area (Å²) < 4.78 is 0.999. The molecule has 0 amide bonds. The van der Waals surface area contributed by atoms with Gasteiger partial charge in [-0.15, -0.1) is 0 Å². The zero-order chi connectivity index (χ0) is 11.1. The van der Waals surface area contributed by atoms with Crippen molar-refractivity contribution in [1.82, 2.24) is 4.90 Å². The van der Waals surface area contributed by atoms with Crippen molar-refractivity contribution in [2.75, 3.05) is 12.3 Å². The van der Waals surface area contributed by atoms with Crippen molar-refractivity contribution in [2.24, 2.45) is 5.92 Å². The molecule has 3 rings (SSSR count). The van der Waals surface area contributed by atoms with Crippen LogP contribution in [0.2, 0.25) is 0 Å². The van der Waals surface area contributed by atoms with Gasteiger partial charge in [0.15, 0.2) is 0 Å². The number of halogens is 1. The highest BCUT2D eigenvalue weighted by molar-refractivity contribution is 9.10. The number of fused-ring (bicyclic) bond motifs is 2. The lowest BCUT2D eigenvalue weighted by molar-refractivity contribution is 0.205. The van der Waals surface area contributed by atoms with Crippen molar-refractivity contribution in [3.05, 3.63) is 28.2 Å². The van der Waals surface area contributed by atoms with Gasteiger partial charge in [-0.25, -0.2) is 0 Å². The third-order valence-corrected chi connectivity index (χ3v) is 4.69. The molecule has 3 heteroatoms. The summed E-state index contributed by atoms with van der Waals surface area (Å²) in [5.74, 6) is 0.970. The molecule has 2 aliphatic rings. The molecular formula is C13H17BrN2. The van der Waals surface area contributed by atoms with E-state index in [4.69, 9.17) is 5.73 Å². The predicted molar refractivity (Wildman–Crippen MR) is 70.1 cm³/mol. The third-order valence-electron chi connectivity index (χ3n) is 3.97. The molecule has 1 aromatic carbocycles. The van der Waals surface area contributed by atoms with Crippen molar-refractivity contribution in [2.45, 2.75) is 31.8 Å². The highest BCUT2D eigenvalue weighted by Gasteiger charge is 2.37. The van der Waals surface area contributed by atoms with E-state index in [2.05, 4.69) is 39.0 Å². The number of anilines is 1. The number of nitrogen functional groups attached to an aromatic ring is 1. The minimum absolute atomic E-state index is 0.842. The van der Waals surface area contributed by atoms with Crippen LogP contribution in [-0.2, 0) is 6.54 Å². The van der Waals surface area contributed by atoms with Gasteiger partial charge in [0.05, 0.1) is 0 Å². The molecule has 0 aromatic heterocycles. The van der Waals surface area contributed by atoms with Crippen LogP contribution in [0.4, 0.5) is 5.69 Å². The lowest BCUT2D eigenvalue weighted by Gasteiger charge is -2.26. The fourth-order valence-electron chi connectivity index (χ4n) is 3.15. The van der Waals surface area contributed by atoms with E-state index in [9.17, 15) is 0 Å². The molecule has 1 aliphatic heterocycles. The maximum absolute atomic E-state index is 5.91. The molecule has 1 saturated carbocycles. The van der Waals surface area contributed by atoms with Gasteiger partial charge in [0.1, 0.15) is 0 Å². The quantitative estimate of drug-likeness (QED) is 0.844. The Morgan fingerprint density at radius 2 is 2.25 bits per heavy atom. The summed E-state index contributed by atoms with van der Waals surface area (Å²) in [4.78, 5) is 2.62. The van der Waals surface area contributed by atoms with Crippen LogP contribution in [0.5, 0.6) is 0 Å². The maximum Gasteiger partial charge on any atom is 0.0461 e. The zero-order valence-electron chi connectivity index (χ0n) is 9.32. The first-order valence-corrected chi connectivity index (χ1v) is 6.79. The minimum atomic E-state index is 0.842. The highest BCUT2D eigenvalue weighted by Crippen LogP contribution is 2.38. The van der Waals surface area contributed by atoms with Crippen LogP contribution in [0.1, 0.15) is 24.8 Å². The van der Waals surface area contributed by atoms with Crippen molar-refractivity contribution in [1.29, 1.82) is 0 Å². The third kappa shape index (κ3) is 1.87. The van der Waals surface area contributed by atoms with Crippen molar-refractivity contribution in [3.8, 4) is 0 Å². The molecule has 1 aliphatic carbocycles. The fraction of sp³-hybridized carbons (Fsp3) is 0.538. The summed E-state index contributed by atoms with van der Waals surface area (Å²) in [5, 5.41) is 0. The normalized spacial score (nSPS) is 28.8. The summed E-state index contributed by atoms with van der Waals surface area (Å²) in [6, 6.07) is 7.16. The van der Waals surface area contributed by atoms with E-state index in [0.717, 1.165) is 28.7 Å². The number of likely N-dealkylation sites (tertiary alicyclic amines) is 1. The van der Waals surface area contributed by atoms with Crippen LogP contribution in [0.15, 0.2) is 22.7 Å². The van der Waals surface area contributed by atoms with Crippen LogP contribution in [0.3, 0.4) is 0 Å². The van der Waals surface area contributed by atoms with Gasteiger partial charge in [0.2, 0.25) is 0 Å². The van der Waals surface area contributed by atoms with Crippen LogP contribution in [-0.4, -0.2) is 17.5 Å². The van der Waals surface area contributed by atoms with Crippen molar-refractivity contribution in [3.63, 3.8) is 0 Å². The number of hydrogen-bond donors (Lipinski definition) is 1. The van der Waals surface area contributed by atoms with E-state index < -0.39 is 0 Å². The summed E-state index contributed by atoms with van der Waals surface area (Å²) in [6.45, 7) is 2.36. The molecule has 2 atom stereocenters. The standard InChI is InChI=1S/C13H17BrN2/c14-12-4-2-10(6-13(12)15)8-16-7-9-1-3-11(16)5-9/h2,4,6,9,11H,1,3,5,7-8,15H2. The smallest absolute Gasteiger partial charge is 0.0461 e. The van der Waals surface area contributed by atoms with Crippen LogP contribution >= 0.6 is 15.9 Å². The van der Waals surface area contributed by atoms with E-state index in [1.54, 1.807) is 0 Å². The summed E-state index contributed by atoms with van der Waals surface area (Å²) in [5.41, 5.74) is 8.10. The van der Waals surface area contributed by atoms with E-state index in [1.807, 2.05) is 0 Å². The topological polar surface area (TPSA) is 29.3 Å². The average Bonchev–Trinajstić information content (AvgIpc) is 2.85. The van der Waals surface area contributed by atoms with E-state index >= 15 is 0 Å². The molecule has 2 unspecified atom stereocenters. The molecule has 2 nitrogen and oxygen atoms in total. The Labute approximate surface area is 105 Å². The van der Waals surface area contributed by atoms with Crippen LogP contribution in [0.25, 0.3) is 0 Å². The van der Waals surface area contributed by atoms with E-state index in [0.29, 0.717) is 0 Å². The Bertz CT molecular complexity index is 405. The molecule has 2 N–H and O–H groups in total. The Morgan fingerprint density at radius 3 is 2.88 bits per heavy atom. The zero-order valence-corrected chi connectivity index (χ0v) is 10.9. The van der Waals surface area contributed by atoms with Gasteiger partial charge < -0.3 is 5.73 Å². The van der Waals surface area contributed by atoms with Crippen molar-refractivity contribution >= 4 is 21.6 Å². The summed E-state index contributed by atoms with van der Waals surface area (Å²) in [7, 11) is 0. The highest BCUT2D eigenvalue weighted by atomic mass is 79.9. The number of rotatable bonds is 2. The fourth-order valence-corrected chi connectivity index (χ4v) is 3.39. The first kappa shape index (κ1) is 10.6. The molecule has 0 spiro atoms. The van der Waals surface area contributed by atoms with Gasteiger partial charge in [0, 0.05) is 29.3 Å². The van der Waals surface area contributed by atoms with Crippen LogP contribution in [0, 0.1) is 5.92 Å².